The molecule has 2 heterocycles. The van der Waals surface area contributed by atoms with E-state index in [9.17, 15) is 0 Å². The molecule has 1 saturated heterocycles. The van der Waals surface area contributed by atoms with Crippen molar-refractivity contribution >= 4 is 11.3 Å². The Morgan fingerprint density at radius 2 is 2.19 bits per heavy atom. The van der Waals surface area contributed by atoms with Crippen molar-refractivity contribution in [1.82, 2.24) is 15.1 Å². The summed E-state index contributed by atoms with van der Waals surface area (Å²) in [6.45, 7) is 11.3. The quantitative estimate of drug-likeness (QED) is 0.835. The molecule has 0 aliphatic carbocycles. The van der Waals surface area contributed by atoms with Crippen LogP contribution in [0.25, 0.3) is 0 Å². The molecule has 3 nitrogen and oxygen atoms in total. The van der Waals surface area contributed by atoms with Gasteiger partial charge in [-0.15, -0.1) is 11.3 Å². The highest BCUT2D eigenvalue weighted by molar-refractivity contribution is 7.12. The van der Waals surface area contributed by atoms with Crippen LogP contribution in [0, 0.1) is 6.92 Å². The first-order valence-electron chi connectivity index (χ1n) is 8.16. The molecule has 1 unspecified atom stereocenters. The molecule has 21 heavy (non-hydrogen) atoms. The fraction of sp³-hybridized carbons (Fsp3) is 0.765. The standard InChI is InChI=1S/C17H31N3S/c1-13(2)18-10-17-9-15(14(3)21-17)11-20-8-6-7-16(20)12-19(4)5/h9,13,16,18H,6-8,10-12H2,1-5H3. The minimum absolute atomic E-state index is 0.555. The molecular weight excluding hydrogens is 278 g/mol. The highest BCUT2D eigenvalue weighted by Crippen LogP contribution is 2.26. The van der Waals surface area contributed by atoms with Crippen molar-refractivity contribution in [2.24, 2.45) is 0 Å². The van der Waals surface area contributed by atoms with Crippen molar-refractivity contribution in [1.29, 1.82) is 0 Å². The van der Waals surface area contributed by atoms with E-state index in [0.29, 0.717) is 6.04 Å². The highest BCUT2D eigenvalue weighted by atomic mass is 32.1. The molecule has 0 saturated carbocycles. The zero-order valence-corrected chi connectivity index (χ0v) is 15.1. The number of hydrogen-bond donors (Lipinski definition) is 1. The van der Waals surface area contributed by atoms with Crippen LogP contribution in [0.15, 0.2) is 6.07 Å². The molecule has 0 aromatic carbocycles. The Morgan fingerprint density at radius 3 is 2.86 bits per heavy atom. The van der Waals surface area contributed by atoms with E-state index in [2.05, 4.69) is 56.0 Å². The van der Waals surface area contributed by atoms with Crippen LogP contribution in [0.1, 0.15) is 42.0 Å². The van der Waals surface area contributed by atoms with Crippen molar-refractivity contribution in [3.8, 4) is 0 Å². The van der Waals surface area contributed by atoms with Gasteiger partial charge in [0.2, 0.25) is 0 Å². The van der Waals surface area contributed by atoms with Crippen LogP contribution in [0.2, 0.25) is 0 Å². The van der Waals surface area contributed by atoms with Crippen molar-refractivity contribution < 1.29 is 0 Å². The van der Waals surface area contributed by atoms with Gasteiger partial charge in [0.1, 0.15) is 0 Å². The maximum atomic E-state index is 3.52. The third-order valence-corrected chi connectivity index (χ3v) is 5.30. The monoisotopic (exact) mass is 309 g/mol. The molecule has 1 aliphatic rings. The van der Waals surface area contributed by atoms with E-state index in [-0.39, 0.29) is 0 Å². The van der Waals surface area contributed by atoms with Gasteiger partial charge in [0.25, 0.3) is 0 Å². The summed E-state index contributed by atoms with van der Waals surface area (Å²) in [5.74, 6) is 0. The summed E-state index contributed by atoms with van der Waals surface area (Å²) in [5, 5.41) is 3.52. The number of nitrogens with zero attached hydrogens (tertiary/aromatic N) is 2. The number of likely N-dealkylation sites (N-methyl/N-ethyl adjacent to an activating group) is 1. The van der Waals surface area contributed by atoms with E-state index >= 15 is 0 Å². The van der Waals surface area contributed by atoms with Gasteiger partial charge in [-0.05, 0) is 52.0 Å². The summed E-state index contributed by atoms with van der Waals surface area (Å²) in [6, 6.07) is 3.70. The molecule has 1 aromatic rings. The third-order valence-electron chi connectivity index (χ3n) is 4.20. The van der Waals surface area contributed by atoms with Gasteiger partial charge in [-0.25, -0.2) is 0 Å². The predicted molar refractivity (Wildman–Crippen MR) is 93.0 cm³/mol. The minimum atomic E-state index is 0.555. The maximum Gasteiger partial charge on any atom is 0.0302 e. The predicted octanol–water partition coefficient (Wildman–Crippen LogP) is 3.08. The molecule has 1 N–H and O–H groups in total. The minimum Gasteiger partial charge on any atom is -0.310 e. The highest BCUT2D eigenvalue weighted by Gasteiger charge is 2.25. The first-order valence-corrected chi connectivity index (χ1v) is 8.97. The van der Waals surface area contributed by atoms with Crippen molar-refractivity contribution in [3.05, 3.63) is 21.4 Å². The fourth-order valence-corrected chi connectivity index (χ4v) is 4.09. The van der Waals surface area contributed by atoms with E-state index in [1.54, 1.807) is 0 Å². The number of likely N-dealkylation sites (tertiary alicyclic amines) is 1. The lowest BCUT2D eigenvalue weighted by Gasteiger charge is -2.27. The van der Waals surface area contributed by atoms with Gasteiger partial charge >= 0.3 is 0 Å². The average molecular weight is 310 g/mol. The Kier molecular flexibility index (Phi) is 6.23. The van der Waals surface area contributed by atoms with Gasteiger partial charge in [0, 0.05) is 41.5 Å². The largest absolute Gasteiger partial charge is 0.310 e. The van der Waals surface area contributed by atoms with Gasteiger partial charge in [-0.3, -0.25) is 4.90 Å². The topological polar surface area (TPSA) is 18.5 Å². The van der Waals surface area contributed by atoms with E-state index in [1.165, 1.54) is 41.2 Å². The van der Waals surface area contributed by atoms with Crippen molar-refractivity contribution in [2.45, 2.75) is 58.8 Å². The first-order chi connectivity index (χ1) is 9.95. The third kappa shape index (κ3) is 5.06. The average Bonchev–Trinajstić information content (AvgIpc) is 2.95. The fourth-order valence-electron chi connectivity index (χ4n) is 3.09. The summed E-state index contributed by atoms with van der Waals surface area (Å²) in [5.41, 5.74) is 1.53. The number of nitrogens with one attached hydrogen (secondary N) is 1. The molecule has 2 rings (SSSR count). The molecule has 1 aromatic heterocycles. The Balaban J connectivity index is 1.95. The molecule has 0 bridgehead atoms. The zero-order chi connectivity index (χ0) is 15.4. The van der Waals surface area contributed by atoms with E-state index in [4.69, 9.17) is 0 Å². The van der Waals surface area contributed by atoms with Crippen LogP contribution in [-0.2, 0) is 13.1 Å². The Morgan fingerprint density at radius 1 is 1.43 bits per heavy atom. The van der Waals surface area contributed by atoms with Crippen LogP contribution >= 0.6 is 11.3 Å². The van der Waals surface area contributed by atoms with Gasteiger partial charge < -0.3 is 10.2 Å². The summed E-state index contributed by atoms with van der Waals surface area (Å²) < 4.78 is 0. The number of thiophene rings is 1. The number of rotatable bonds is 7. The SMILES string of the molecule is Cc1sc(CNC(C)C)cc1CN1CCCC1CN(C)C. The lowest BCUT2D eigenvalue weighted by molar-refractivity contribution is 0.201. The van der Waals surface area contributed by atoms with Gasteiger partial charge in [-0.2, -0.15) is 0 Å². The van der Waals surface area contributed by atoms with Crippen LogP contribution in [0.3, 0.4) is 0 Å². The summed E-state index contributed by atoms with van der Waals surface area (Å²) in [6.07, 6.45) is 2.70. The van der Waals surface area contributed by atoms with Gasteiger partial charge in [0.05, 0.1) is 0 Å². The first kappa shape index (κ1) is 16.9. The molecule has 1 aliphatic heterocycles. The van der Waals surface area contributed by atoms with Gasteiger partial charge in [-0.1, -0.05) is 13.8 Å². The van der Waals surface area contributed by atoms with Gasteiger partial charge in [0.15, 0.2) is 0 Å². The summed E-state index contributed by atoms with van der Waals surface area (Å²) in [7, 11) is 4.37. The maximum absolute atomic E-state index is 3.52. The van der Waals surface area contributed by atoms with E-state index < -0.39 is 0 Å². The molecule has 1 atom stereocenters. The van der Waals surface area contributed by atoms with Crippen LogP contribution in [0.4, 0.5) is 0 Å². The van der Waals surface area contributed by atoms with Crippen LogP contribution < -0.4 is 5.32 Å². The Hall–Kier alpha value is -0.420. The molecule has 120 valence electrons. The molecule has 4 heteroatoms. The Labute approximate surface area is 134 Å². The summed E-state index contributed by atoms with van der Waals surface area (Å²) >= 11 is 1.96. The van der Waals surface area contributed by atoms with Crippen molar-refractivity contribution in [2.75, 3.05) is 27.2 Å². The molecule has 0 spiro atoms. The van der Waals surface area contributed by atoms with Crippen LogP contribution in [0.5, 0.6) is 0 Å². The molecular formula is C17H31N3S. The second-order valence-corrected chi connectivity index (χ2v) is 8.20. The van der Waals surface area contributed by atoms with Crippen LogP contribution in [-0.4, -0.2) is 49.1 Å². The normalized spacial score (nSPS) is 20.0. The number of aryl methyl sites for hydroxylation is 1. The second kappa shape index (κ2) is 7.73. The van der Waals surface area contributed by atoms with Crippen molar-refractivity contribution in [3.63, 3.8) is 0 Å². The smallest absolute Gasteiger partial charge is 0.0302 e. The summed E-state index contributed by atoms with van der Waals surface area (Å²) in [4.78, 5) is 7.96. The lowest BCUT2D eigenvalue weighted by atomic mass is 10.2. The molecule has 0 radical (unpaired) electrons. The molecule has 1 fully saturated rings. The van der Waals surface area contributed by atoms with E-state index in [0.717, 1.165) is 19.1 Å². The molecule has 0 amide bonds. The number of hydrogen-bond acceptors (Lipinski definition) is 4. The second-order valence-electron chi connectivity index (χ2n) is 6.86. The zero-order valence-electron chi connectivity index (χ0n) is 14.3. The lowest BCUT2D eigenvalue weighted by Crippen LogP contribution is -2.37. The Bertz CT molecular complexity index is 439. The van der Waals surface area contributed by atoms with E-state index in [1.807, 2.05) is 11.3 Å².